The lowest BCUT2D eigenvalue weighted by molar-refractivity contribution is -1.02. The highest BCUT2D eigenvalue weighted by molar-refractivity contribution is 7.91. The fourth-order valence-corrected chi connectivity index (χ4v) is 15.5. The Morgan fingerprint density at radius 3 is 0.878 bits per heavy atom. The summed E-state index contributed by atoms with van der Waals surface area (Å²) < 4.78 is 232. The Kier molecular flexibility index (Phi) is 34.4. The van der Waals surface area contributed by atoms with Gasteiger partial charge in [0.1, 0.15) is 12.8 Å². The normalized spacial score (nSPS) is 15.0. The van der Waals surface area contributed by atoms with Crippen LogP contribution in [0, 0.1) is 0 Å². The first kappa shape index (κ1) is 72.4. The predicted molar refractivity (Wildman–Crippen MR) is 281 cm³/mol. The maximum atomic E-state index is 19.1. The van der Waals surface area contributed by atoms with Gasteiger partial charge in [-0.05, 0) is 39.0 Å². The predicted octanol–water partition coefficient (Wildman–Crippen LogP) is 11.9. The number of hydrogen-bond donors (Lipinski definition) is 0. The number of halogens is 5. The third-order valence-corrected chi connectivity index (χ3v) is 21.1. The van der Waals surface area contributed by atoms with Crippen molar-refractivity contribution < 1.29 is 78.1 Å². The Morgan fingerprint density at radius 1 is 0.419 bits per heavy atom. The van der Waals surface area contributed by atoms with Gasteiger partial charge in [-0.25, -0.2) is 38.5 Å². The Morgan fingerprint density at radius 2 is 0.635 bits per heavy atom. The standard InChI is InChI=1S/C47H93F5N5O12S5/c1-9-14-19-24-29-34-39-70(59,60)53(48)46(54(49)71(61,62)40-35-30-25-20-15-10-2,55(50)72(63,64)41-36-31-26-21-16-11-3)47(69-45(58)44(6)7,56(51)73(65,66)42-37-32-27-22-17-12-4)57(8,52)74(67,68)43-38-33-28-23-18-13-5/h6,9-43H2,1-5,7-8H3/q+1. The molecule has 74 heavy (non-hydrogen) atoms. The minimum absolute atomic E-state index is 0.0514. The molecule has 0 aliphatic rings. The number of carbonyl (C=O) groups is 1. The molecule has 2 atom stereocenters. The van der Waals surface area contributed by atoms with E-state index in [1.54, 1.807) is 0 Å². The first-order valence-corrected chi connectivity index (χ1v) is 35.0. The van der Waals surface area contributed by atoms with Crippen LogP contribution in [0.4, 0.5) is 22.4 Å². The molecule has 442 valence electrons. The van der Waals surface area contributed by atoms with Crippen molar-refractivity contribution in [2.24, 2.45) is 0 Å². The summed E-state index contributed by atoms with van der Waals surface area (Å²) in [5.41, 5.74) is -1.08. The third-order valence-electron chi connectivity index (χ3n) is 12.8. The molecule has 2 unspecified atom stereocenters. The molecular formula is C47H93F5N5O12S5+. The van der Waals surface area contributed by atoms with Crippen LogP contribution in [0.25, 0.3) is 0 Å². The highest BCUT2D eigenvalue weighted by Crippen LogP contribution is 2.54. The van der Waals surface area contributed by atoms with E-state index < -0.39 is 156 Å². The summed E-state index contributed by atoms with van der Waals surface area (Å²) in [4.78, 5) is 14.1. The molecule has 17 nitrogen and oxygen atoms in total. The van der Waals surface area contributed by atoms with Crippen LogP contribution < -0.4 is 0 Å². The van der Waals surface area contributed by atoms with Gasteiger partial charge in [0.15, 0.2) is 0 Å². The van der Waals surface area contributed by atoms with E-state index in [9.17, 15) is 46.9 Å². The second-order valence-electron chi connectivity index (χ2n) is 19.5. The summed E-state index contributed by atoms with van der Waals surface area (Å²) in [6, 6.07) is 0. The monoisotopic (exact) mass is 1170 g/mol. The van der Waals surface area contributed by atoms with Gasteiger partial charge in [0.2, 0.25) is 40.1 Å². The lowest BCUT2D eigenvalue weighted by Gasteiger charge is -2.52. The molecular weight excluding hydrogens is 1080 g/mol. The van der Waals surface area contributed by atoms with Crippen LogP contribution in [0.15, 0.2) is 12.2 Å². The Bertz CT molecular complexity index is 2070. The maximum Gasteiger partial charge on any atom is 0.457 e. The number of carbonyl (C=O) groups excluding carboxylic acids is 1. The molecule has 0 heterocycles. The van der Waals surface area contributed by atoms with Crippen LogP contribution in [0.1, 0.15) is 234 Å². The third kappa shape index (κ3) is 20.9. The van der Waals surface area contributed by atoms with E-state index in [-0.39, 0.29) is 64.8 Å². The van der Waals surface area contributed by atoms with Gasteiger partial charge in [-0.3, -0.25) is 0 Å². The molecule has 27 heteroatoms. The molecule has 0 fully saturated rings. The number of rotatable bonds is 48. The van der Waals surface area contributed by atoms with Gasteiger partial charge in [0, 0.05) is 27.7 Å². The molecule has 0 radical (unpaired) electrons. The Labute approximate surface area is 443 Å². The van der Waals surface area contributed by atoms with Gasteiger partial charge in [-0.1, -0.05) is 202 Å². The summed E-state index contributed by atoms with van der Waals surface area (Å²) in [5, 5.41) is 0. The number of esters is 1. The zero-order valence-corrected chi connectivity index (χ0v) is 49.6. The van der Waals surface area contributed by atoms with Crippen molar-refractivity contribution >= 4 is 56.1 Å². The topological polar surface area (TPSA) is 210 Å². The minimum atomic E-state index is -6.47. The van der Waals surface area contributed by atoms with Crippen LogP contribution in [0.2, 0.25) is 0 Å². The molecule has 0 N–H and O–H groups in total. The van der Waals surface area contributed by atoms with Crippen LogP contribution in [0.5, 0.6) is 0 Å². The number of unbranched alkanes of at least 4 members (excludes halogenated alkanes) is 25. The van der Waals surface area contributed by atoms with Crippen LogP contribution in [0.3, 0.4) is 0 Å². The van der Waals surface area contributed by atoms with Crippen molar-refractivity contribution in [2.75, 3.05) is 35.8 Å². The summed E-state index contributed by atoms with van der Waals surface area (Å²) in [5.74, 6) is -22.8. The smallest absolute Gasteiger partial charge is 0.381 e. The molecule has 0 aliphatic heterocycles. The van der Waals surface area contributed by atoms with Crippen molar-refractivity contribution in [1.82, 2.24) is 18.1 Å². The van der Waals surface area contributed by atoms with Crippen molar-refractivity contribution in [3.05, 3.63) is 12.2 Å². The second kappa shape index (κ2) is 35.1. The largest absolute Gasteiger partial charge is 0.457 e. The number of nitrogens with zero attached hydrogens (tertiary/aromatic N) is 5. The Balaban J connectivity index is 9.63. The summed E-state index contributed by atoms with van der Waals surface area (Å²) in [6.07, 6.45) is 7.38. The fourth-order valence-electron chi connectivity index (χ4n) is 8.23. The van der Waals surface area contributed by atoms with E-state index in [0.717, 1.165) is 12.8 Å². The van der Waals surface area contributed by atoms with Crippen LogP contribution in [-0.2, 0) is 59.6 Å². The minimum Gasteiger partial charge on any atom is -0.381 e. The van der Waals surface area contributed by atoms with Gasteiger partial charge in [-0.2, -0.15) is 8.42 Å². The average molecular weight is 1180 g/mol. The highest BCUT2D eigenvalue weighted by Gasteiger charge is 2.92. The summed E-state index contributed by atoms with van der Waals surface area (Å²) >= 11 is 0. The molecule has 0 aromatic carbocycles. The SMILES string of the molecule is C=C(C)C(=O)OC(N(F)S(=O)(=O)CCCCCCCC)(C(N(F)S(=O)(=O)CCCCCCCC)(N(F)S(=O)(=O)CCCCCCCC)N(F)S(=O)(=O)CCCCCCCC)[N+](C)(F)S(=O)(=O)CCCCCCCC. The van der Waals surface area contributed by atoms with E-state index in [4.69, 9.17) is 4.74 Å². The lowest BCUT2D eigenvalue weighted by atomic mass is 10.1. The van der Waals surface area contributed by atoms with E-state index in [0.29, 0.717) is 96.8 Å². The molecule has 0 aliphatic carbocycles. The number of likely N-dealkylation sites (N-methyl/N-ethyl adjacent to an activating group) is 1. The van der Waals surface area contributed by atoms with Gasteiger partial charge in [0.25, 0.3) is 0 Å². The van der Waals surface area contributed by atoms with E-state index >= 15 is 22.4 Å². The van der Waals surface area contributed by atoms with E-state index in [2.05, 4.69) is 6.58 Å². The van der Waals surface area contributed by atoms with Gasteiger partial charge in [-0.15, -0.1) is 17.9 Å². The molecule has 0 aromatic rings. The number of ether oxygens (including phenoxy) is 1. The molecule has 0 saturated carbocycles. The first-order valence-electron chi connectivity index (χ1n) is 26.9. The molecule has 0 aromatic heterocycles. The number of sulfonamides is 5. The van der Waals surface area contributed by atoms with Crippen molar-refractivity contribution in [2.45, 2.75) is 246 Å². The number of hydrogen-bond acceptors (Lipinski definition) is 12. The van der Waals surface area contributed by atoms with E-state index in [1.807, 2.05) is 34.6 Å². The molecule has 0 saturated heterocycles. The van der Waals surface area contributed by atoms with Gasteiger partial charge < -0.3 is 4.74 Å². The summed E-state index contributed by atoms with van der Waals surface area (Å²) in [6.45, 7) is 13.2. The highest BCUT2D eigenvalue weighted by atomic mass is 32.2. The zero-order valence-electron chi connectivity index (χ0n) is 45.5. The molecule has 0 amide bonds. The fraction of sp³-hybridized carbons (Fsp3) is 0.936. The quantitative estimate of drug-likeness (QED) is 0.0139. The first-order chi connectivity index (χ1) is 34.5. The molecule has 0 bridgehead atoms. The van der Waals surface area contributed by atoms with Crippen LogP contribution >= 0.6 is 0 Å². The van der Waals surface area contributed by atoms with Gasteiger partial charge in [0.05, 0.1) is 27.5 Å². The van der Waals surface area contributed by atoms with Crippen LogP contribution in [-0.4, -0.2) is 118 Å². The van der Waals surface area contributed by atoms with Crippen molar-refractivity contribution in [1.29, 1.82) is 0 Å². The Hall–Kier alpha value is -1.59. The second-order valence-corrected chi connectivity index (χ2v) is 29.3. The van der Waals surface area contributed by atoms with Crippen molar-refractivity contribution in [3.63, 3.8) is 0 Å². The van der Waals surface area contributed by atoms with Gasteiger partial charge >= 0.3 is 27.6 Å². The summed E-state index contributed by atoms with van der Waals surface area (Å²) in [7, 11) is -32.6. The zero-order chi connectivity index (χ0) is 56.9. The molecule has 0 rings (SSSR count). The molecule has 0 spiro atoms. The number of quaternary nitrogens is 1. The lowest BCUT2D eigenvalue weighted by Crippen LogP contribution is -2.89. The van der Waals surface area contributed by atoms with E-state index in [1.165, 1.54) is 0 Å². The maximum absolute atomic E-state index is 19.1. The van der Waals surface area contributed by atoms with Crippen molar-refractivity contribution in [3.8, 4) is 0 Å². The average Bonchev–Trinajstić information content (AvgIpc) is 3.33.